The Balaban J connectivity index is 3.14. The predicted octanol–water partition coefficient (Wildman–Crippen LogP) is 1.26. The first kappa shape index (κ1) is 18.6. The second kappa shape index (κ2) is 9.54. The van der Waals surface area contributed by atoms with E-state index in [1.165, 1.54) is 0 Å². The molecule has 0 bridgehead atoms. The van der Waals surface area contributed by atoms with Crippen LogP contribution in [0.25, 0.3) is 0 Å². The van der Waals surface area contributed by atoms with E-state index in [1.807, 2.05) is 0 Å². The van der Waals surface area contributed by atoms with Gasteiger partial charge in [0.05, 0.1) is 19.8 Å². The number of hydrazine groups is 1. The number of rotatable bonds is 5. The van der Waals surface area contributed by atoms with Crippen LogP contribution in [0.4, 0.5) is 9.59 Å². The van der Waals surface area contributed by atoms with Gasteiger partial charge in [0.2, 0.25) is 0 Å². The Hall–Kier alpha value is -2.45. The van der Waals surface area contributed by atoms with Crippen LogP contribution in [0.5, 0.6) is 0 Å². The fourth-order valence-electron chi connectivity index (χ4n) is 1.98. The van der Waals surface area contributed by atoms with Gasteiger partial charge in [0.15, 0.2) is 5.70 Å². The Morgan fingerprint density at radius 2 is 1.74 bits per heavy atom. The molecule has 0 aromatic rings. The van der Waals surface area contributed by atoms with Crippen LogP contribution in [-0.4, -0.2) is 49.5 Å². The minimum absolute atomic E-state index is 0.0820. The third kappa shape index (κ3) is 5.35. The fourth-order valence-corrected chi connectivity index (χ4v) is 1.98. The van der Waals surface area contributed by atoms with E-state index in [0.717, 1.165) is 11.4 Å². The van der Waals surface area contributed by atoms with Crippen LogP contribution in [0.2, 0.25) is 0 Å². The molecule has 9 nitrogen and oxygen atoms in total. The van der Waals surface area contributed by atoms with Gasteiger partial charge in [-0.25, -0.2) is 19.8 Å². The molecule has 23 heavy (non-hydrogen) atoms. The van der Waals surface area contributed by atoms with Crippen LogP contribution in [0.15, 0.2) is 11.4 Å². The molecule has 1 aliphatic rings. The molecule has 1 heterocycles. The summed E-state index contributed by atoms with van der Waals surface area (Å²) in [5, 5.41) is 3.75. The lowest BCUT2D eigenvalue weighted by Gasteiger charge is -2.24. The summed E-state index contributed by atoms with van der Waals surface area (Å²) in [7, 11) is 0. The van der Waals surface area contributed by atoms with Gasteiger partial charge >= 0.3 is 18.2 Å². The SMILES string of the molecule is CCOC(=O)NN(C(=O)OCC)/C(C(=O)OCC)=C1\CCCN1. The van der Waals surface area contributed by atoms with E-state index >= 15 is 0 Å². The van der Waals surface area contributed by atoms with E-state index in [1.54, 1.807) is 20.8 Å². The average molecular weight is 329 g/mol. The molecule has 0 saturated carbocycles. The molecule has 0 radical (unpaired) electrons. The molecule has 9 heteroatoms. The first-order valence-electron chi connectivity index (χ1n) is 7.59. The highest BCUT2D eigenvalue weighted by Crippen LogP contribution is 2.19. The van der Waals surface area contributed by atoms with Gasteiger partial charge in [-0.2, -0.15) is 5.01 Å². The number of allylic oxidation sites excluding steroid dienone is 1. The van der Waals surface area contributed by atoms with E-state index in [9.17, 15) is 14.4 Å². The van der Waals surface area contributed by atoms with E-state index in [4.69, 9.17) is 14.2 Å². The maximum Gasteiger partial charge on any atom is 0.433 e. The average Bonchev–Trinajstić information content (AvgIpc) is 3.01. The topological polar surface area (TPSA) is 106 Å². The molecule has 130 valence electrons. The van der Waals surface area contributed by atoms with E-state index in [0.29, 0.717) is 18.7 Å². The largest absolute Gasteiger partial charge is 0.461 e. The van der Waals surface area contributed by atoms with Crippen LogP contribution in [0.1, 0.15) is 33.6 Å². The van der Waals surface area contributed by atoms with E-state index in [-0.39, 0.29) is 25.5 Å². The number of carbonyl (C=O) groups excluding carboxylic acids is 3. The maximum atomic E-state index is 12.3. The smallest absolute Gasteiger partial charge is 0.433 e. The quantitative estimate of drug-likeness (QED) is 0.338. The molecule has 0 aromatic carbocycles. The van der Waals surface area contributed by atoms with Gasteiger partial charge in [-0.05, 0) is 33.6 Å². The zero-order chi connectivity index (χ0) is 17.2. The van der Waals surface area contributed by atoms with Crippen molar-refractivity contribution in [2.24, 2.45) is 0 Å². The van der Waals surface area contributed by atoms with Gasteiger partial charge in [0.1, 0.15) is 0 Å². The fraction of sp³-hybridized carbons (Fsp3) is 0.643. The maximum absolute atomic E-state index is 12.3. The third-order valence-electron chi connectivity index (χ3n) is 2.85. The van der Waals surface area contributed by atoms with Crippen LogP contribution in [0.3, 0.4) is 0 Å². The summed E-state index contributed by atoms with van der Waals surface area (Å²) in [6.07, 6.45) is -0.422. The second-order valence-electron chi connectivity index (χ2n) is 4.44. The molecule has 2 N–H and O–H groups in total. The molecule has 0 unspecified atom stereocenters. The van der Waals surface area contributed by atoms with Crippen molar-refractivity contribution in [1.82, 2.24) is 15.8 Å². The zero-order valence-corrected chi connectivity index (χ0v) is 13.6. The van der Waals surface area contributed by atoms with Gasteiger partial charge in [0, 0.05) is 12.2 Å². The molecule has 0 aliphatic carbocycles. The number of hydrogen-bond donors (Lipinski definition) is 2. The summed E-state index contributed by atoms with van der Waals surface area (Å²) in [6, 6.07) is 0. The summed E-state index contributed by atoms with van der Waals surface area (Å²) >= 11 is 0. The van der Waals surface area contributed by atoms with E-state index in [2.05, 4.69) is 10.7 Å². The molecule has 1 saturated heterocycles. The Morgan fingerprint density at radius 3 is 2.26 bits per heavy atom. The first-order valence-corrected chi connectivity index (χ1v) is 7.59. The normalized spacial score (nSPS) is 15.3. The summed E-state index contributed by atoms with van der Waals surface area (Å²) in [5.74, 6) is -0.734. The lowest BCUT2D eigenvalue weighted by Crippen LogP contribution is -2.49. The monoisotopic (exact) mass is 329 g/mol. The molecular weight excluding hydrogens is 306 g/mol. The molecule has 1 fully saturated rings. The molecule has 1 rings (SSSR count). The predicted molar refractivity (Wildman–Crippen MR) is 79.9 cm³/mol. The minimum atomic E-state index is -0.898. The lowest BCUT2D eigenvalue weighted by molar-refractivity contribution is -0.140. The van der Waals surface area contributed by atoms with Crippen molar-refractivity contribution in [3.63, 3.8) is 0 Å². The van der Waals surface area contributed by atoms with Crippen molar-refractivity contribution in [1.29, 1.82) is 0 Å². The molecule has 1 aliphatic heterocycles. The van der Waals surface area contributed by atoms with Crippen molar-refractivity contribution in [3.8, 4) is 0 Å². The van der Waals surface area contributed by atoms with Gasteiger partial charge in [-0.15, -0.1) is 0 Å². The molecule has 2 amide bonds. The summed E-state index contributed by atoms with van der Waals surface area (Å²) < 4.78 is 14.6. The highest BCUT2D eigenvalue weighted by atomic mass is 16.6. The Bertz CT molecular complexity index is 469. The zero-order valence-electron chi connectivity index (χ0n) is 13.6. The number of amides is 2. The van der Waals surface area contributed by atoms with Gasteiger partial charge in [0.25, 0.3) is 0 Å². The number of carbonyl (C=O) groups is 3. The van der Waals surface area contributed by atoms with Gasteiger partial charge in [-0.3, -0.25) is 0 Å². The van der Waals surface area contributed by atoms with Gasteiger partial charge in [-0.1, -0.05) is 0 Å². The minimum Gasteiger partial charge on any atom is -0.461 e. The van der Waals surface area contributed by atoms with E-state index < -0.39 is 18.2 Å². The van der Waals surface area contributed by atoms with Crippen LogP contribution >= 0.6 is 0 Å². The Morgan fingerprint density at radius 1 is 1.09 bits per heavy atom. The number of esters is 1. The highest BCUT2D eigenvalue weighted by molar-refractivity contribution is 5.93. The number of nitrogens with zero attached hydrogens (tertiary/aromatic N) is 1. The van der Waals surface area contributed by atoms with Crippen molar-refractivity contribution < 1.29 is 28.6 Å². The standard InChI is InChI=1S/C14H23N3O6/c1-4-21-12(18)11(10-8-7-9-15-10)17(14(20)23-6-3)16-13(19)22-5-2/h15H,4-9H2,1-3H3,(H,16,19)/b11-10+. The van der Waals surface area contributed by atoms with Crippen LogP contribution in [0, 0.1) is 0 Å². The molecule has 0 aromatic heterocycles. The summed E-state index contributed by atoms with van der Waals surface area (Å²) in [6.45, 7) is 5.88. The van der Waals surface area contributed by atoms with Crippen molar-refractivity contribution in [2.75, 3.05) is 26.4 Å². The lowest BCUT2D eigenvalue weighted by atomic mass is 10.2. The first-order chi connectivity index (χ1) is 11.0. The van der Waals surface area contributed by atoms with Crippen molar-refractivity contribution >= 4 is 18.2 Å². The Labute approximate surface area is 134 Å². The molecule has 0 spiro atoms. The van der Waals surface area contributed by atoms with Gasteiger partial charge < -0.3 is 19.5 Å². The van der Waals surface area contributed by atoms with Crippen molar-refractivity contribution in [2.45, 2.75) is 33.6 Å². The second-order valence-corrected chi connectivity index (χ2v) is 4.44. The molecule has 0 atom stereocenters. The number of ether oxygens (including phenoxy) is 3. The Kier molecular flexibility index (Phi) is 7.72. The van der Waals surface area contributed by atoms with Crippen LogP contribution in [-0.2, 0) is 19.0 Å². The molecular formula is C14H23N3O6. The highest BCUT2D eigenvalue weighted by Gasteiger charge is 2.32. The number of hydrogen-bond acceptors (Lipinski definition) is 7. The van der Waals surface area contributed by atoms with Crippen molar-refractivity contribution in [3.05, 3.63) is 11.4 Å². The number of nitrogens with one attached hydrogen (secondary N) is 2. The van der Waals surface area contributed by atoms with Crippen LogP contribution < -0.4 is 10.7 Å². The summed E-state index contributed by atoms with van der Waals surface area (Å²) in [4.78, 5) is 36.1. The third-order valence-corrected chi connectivity index (χ3v) is 2.85. The summed E-state index contributed by atoms with van der Waals surface area (Å²) in [5.41, 5.74) is 2.62.